The zero-order valence-corrected chi connectivity index (χ0v) is 49.7. The summed E-state index contributed by atoms with van der Waals surface area (Å²) in [4.78, 5) is 0. The third-order valence-electron chi connectivity index (χ3n) is 22.3. The van der Waals surface area contributed by atoms with Crippen molar-refractivity contribution in [1.29, 1.82) is 0 Å². The molecule has 85 heavy (non-hydrogen) atoms. The summed E-state index contributed by atoms with van der Waals surface area (Å²) in [6, 6.07) is 0. The van der Waals surface area contributed by atoms with Crippen molar-refractivity contribution in [3.8, 4) is 0 Å². The van der Waals surface area contributed by atoms with E-state index in [1.807, 2.05) is 13.8 Å². The van der Waals surface area contributed by atoms with Gasteiger partial charge in [0.1, 0.15) is 110 Å². The van der Waals surface area contributed by atoms with Gasteiger partial charge in [-0.05, 0) is 111 Å². The summed E-state index contributed by atoms with van der Waals surface area (Å²) in [5.74, 6) is 0.913. The number of hydrogen-bond donors (Lipinski definition) is 15. The molecule has 0 spiro atoms. The van der Waals surface area contributed by atoms with E-state index in [4.69, 9.17) is 56.8 Å². The molecular weight excluding hydrogens is 1130 g/mol. The Morgan fingerprint density at radius 3 is 1.79 bits per heavy atom. The van der Waals surface area contributed by atoms with Gasteiger partial charge in [0, 0.05) is 19.4 Å². The molecule has 0 bridgehead atoms. The lowest BCUT2D eigenvalue weighted by Crippen LogP contribution is -2.67. The van der Waals surface area contributed by atoms with Crippen LogP contribution in [0.25, 0.3) is 0 Å². The van der Waals surface area contributed by atoms with E-state index >= 15 is 0 Å². The van der Waals surface area contributed by atoms with E-state index in [0.29, 0.717) is 43.4 Å². The lowest BCUT2D eigenvalue weighted by Gasteiger charge is -2.61. The Hall–Kier alpha value is -1.08. The predicted molar refractivity (Wildman–Crippen MR) is 286 cm³/mol. The van der Waals surface area contributed by atoms with Crippen LogP contribution in [0.3, 0.4) is 0 Å². The second-order valence-electron chi connectivity index (χ2n) is 27.8. The van der Waals surface area contributed by atoms with Crippen LogP contribution in [0.2, 0.25) is 0 Å². The van der Waals surface area contributed by atoms with Crippen LogP contribution in [-0.2, 0) is 56.8 Å². The normalized spacial score (nSPS) is 54.7. The van der Waals surface area contributed by atoms with Crippen LogP contribution in [-0.4, -0.2) is 282 Å². The molecule has 10 aliphatic rings. The number of aliphatic hydroxyl groups is 15. The zero-order chi connectivity index (χ0) is 61.6. The fourth-order valence-corrected chi connectivity index (χ4v) is 17.1. The highest BCUT2D eigenvalue weighted by Crippen LogP contribution is 2.71. The molecule has 10 rings (SSSR count). The van der Waals surface area contributed by atoms with Gasteiger partial charge in [-0.1, -0.05) is 34.6 Å². The minimum absolute atomic E-state index is 0.0156. The first-order chi connectivity index (χ1) is 40.1. The summed E-state index contributed by atoms with van der Waals surface area (Å²) >= 11 is 0. The summed E-state index contributed by atoms with van der Waals surface area (Å²) < 4.78 is 74.1. The summed E-state index contributed by atoms with van der Waals surface area (Å²) in [7, 11) is 1.71. The van der Waals surface area contributed by atoms with Crippen LogP contribution in [0.15, 0.2) is 0 Å². The first kappa shape index (κ1) is 66.8. The van der Waals surface area contributed by atoms with Crippen LogP contribution in [0.5, 0.6) is 0 Å². The Balaban J connectivity index is 0.827. The number of aliphatic hydroxyl groups excluding tert-OH is 15. The molecule has 27 nitrogen and oxygen atoms in total. The second-order valence-corrected chi connectivity index (χ2v) is 27.8. The highest BCUT2D eigenvalue weighted by Gasteiger charge is 2.69. The summed E-state index contributed by atoms with van der Waals surface area (Å²) in [5.41, 5.74) is -0.536. The molecule has 35 unspecified atom stereocenters. The van der Waals surface area contributed by atoms with Crippen molar-refractivity contribution in [2.75, 3.05) is 40.1 Å². The Morgan fingerprint density at radius 2 is 1.13 bits per heavy atom. The highest BCUT2D eigenvalue weighted by atomic mass is 16.8. The Morgan fingerprint density at radius 1 is 0.541 bits per heavy atom. The van der Waals surface area contributed by atoms with Crippen molar-refractivity contribution in [2.24, 2.45) is 51.8 Å². The SMILES string of the molecule is COC1(CCC(C)(C)COC2OC(CO)C(O)C(O)C2O)OC2CC3C4CCC5CC(OC6OC(COC7OC(C)C(O)C(O)C7O)C(OC7OCC(O)C(O)C7O)C(O)C6OC6OC(CO)C(O)C(O)C6O)CCC5(C)C4CCC3(C)C2C1C. The molecule has 35 atom stereocenters. The average Bonchev–Trinajstić information content (AvgIpc) is 1.92. The van der Waals surface area contributed by atoms with E-state index in [-0.39, 0.29) is 41.3 Å². The number of methoxy groups -OCH3 is 1. The van der Waals surface area contributed by atoms with Crippen LogP contribution in [0.1, 0.15) is 106 Å². The lowest BCUT2D eigenvalue weighted by molar-refractivity contribution is -0.392. The molecule has 15 N–H and O–H groups in total. The topological polar surface area (TPSA) is 414 Å². The third kappa shape index (κ3) is 12.4. The molecule has 4 saturated carbocycles. The Kier molecular flexibility index (Phi) is 20.5. The maximum atomic E-state index is 12.5. The predicted octanol–water partition coefficient (Wildman–Crippen LogP) is -3.42. The molecule has 10 fully saturated rings. The molecule has 0 aromatic heterocycles. The fourth-order valence-electron chi connectivity index (χ4n) is 17.1. The molecule has 6 saturated heterocycles. The van der Waals surface area contributed by atoms with Crippen molar-refractivity contribution >= 4 is 0 Å². The van der Waals surface area contributed by atoms with Crippen LogP contribution < -0.4 is 0 Å². The molecule has 0 aromatic carbocycles. The van der Waals surface area contributed by atoms with Crippen LogP contribution in [0, 0.1) is 51.8 Å². The third-order valence-corrected chi connectivity index (χ3v) is 22.3. The smallest absolute Gasteiger partial charge is 0.187 e. The maximum Gasteiger partial charge on any atom is 0.187 e. The molecule has 0 aromatic rings. The Bertz CT molecular complexity index is 2190. The van der Waals surface area contributed by atoms with Crippen molar-refractivity contribution in [3.05, 3.63) is 0 Å². The minimum Gasteiger partial charge on any atom is -0.394 e. The van der Waals surface area contributed by atoms with Gasteiger partial charge in [-0.25, -0.2) is 0 Å². The van der Waals surface area contributed by atoms with Crippen LogP contribution >= 0.6 is 0 Å². The van der Waals surface area contributed by atoms with Gasteiger partial charge in [0.2, 0.25) is 0 Å². The molecular formula is C58H98O27. The molecule has 27 heteroatoms. The first-order valence-electron chi connectivity index (χ1n) is 30.8. The summed E-state index contributed by atoms with van der Waals surface area (Å²) in [6.07, 6.45) is -30.2. The van der Waals surface area contributed by atoms with Gasteiger partial charge in [0.15, 0.2) is 37.2 Å². The van der Waals surface area contributed by atoms with E-state index in [1.54, 1.807) is 7.11 Å². The number of rotatable bonds is 18. The van der Waals surface area contributed by atoms with Gasteiger partial charge in [-0.3, -0.25) is 0 Å². The van der Waals surface area contributed by atoms with Crippen molar-refractivity contribution in [2.45, 2.75) is 271 Å². The number of hydrogen-bond acceptors (Lipinski definition) is 27. The molecule has 492 valence electrons. The molecule has 6 heterocycles. The maximum absolute atomic E-state index is 12.5. The highest BCUT2D eigenvalue weighted by molar-refractivity contribution is 5.15. The van der Waals surface area contributed by atoms with Gasteiger partial charge in [-0.15, -0.1) is 0 Å². The Labute approximate surface area is 495 Å². The van der Waals surface area contributed by atoms with Crippen molar-refractivity contribution in [1.82, 2.24) is 0 Å². The van der Waals surface area contributed by atoms with E-state index in [0.717, 1.165) is 38.5 Å². The molecule has 4 aliphatic carbocycles. The average molecular weight is 1230 g/mol. The standard InChI is InChI=1S/C58H98O27/c1-23-35-31(85-58(23,74-7)15-14-55(3,4)22-77-52-45(71)41(67)38(64)32(18-59)80-52)17-29-27-9-8-25-16-26(10-12-56(25,5)28(27)11-13-57(29,35)6)79-54-49(84-53-46(72)42(68)39(65)33(19-60)81-53)47(73)48(83-51-43(69)37(63)30(61)20-75-51)34(82-54)21-76-50-44(70)40(66)36(62)24(2)78-50/h23-54,59-73H,8-22H2,1-7H3. The lowest BCUT2D eigenvalue weighted by atomic mass is 9.44. The van der Waals surface area contributed by atoms with E-state index in [2.05, 4.69) is 20.8 Å². The summed E-state index contributed by atoms with van der Waals surface area (Å²) in [6.45, 7) is 10.4. The van der Waals surface area contributed by atoms with E-state index in [9.17, 15) is 76.6 Å². The monoisotopic (exact) mass is 1230 g/mol. The van der Waals surface area contributed by atoms with Gasteiger partial charge in [0.25, 0.3) is 0 Å². The molecule has 6 aliphatic heterocycles. The quantitative estimate of drug-likeness (QED) is 0.0594. The summed E-state index contributed by atoms with van der Waals surface area (Å²) in [5, 5.41) is 160. The first-order valence-corrected chi connectivity index (χ1v) is 30.8. The molecule has 0 radical (unpaired) electrons. The molecule has 0 amide bonds. The fraction of sp³-hybridized carbons (Fsp3) is 1.00. The number of fused-ring (bicyclic) bond motifs is 7. The van der Waals surface area contributed by atoms with Crippen LogP contribution in [0.4, 0.5) is 0 Å². The van der Waals surface area contributed by atoms with E-state index < -0.39 is 191 Å². The second kappa shape index (κ2) is 26.1. The number of ether oxygens (including phenoxy) is 12. The van der Waals surface area contributed by atoms with Gasteiger partial charge in [-0.2, -0.15) is 0 Å². The van der Waals surface area contributed by atoms with E-state index in [1.165, 1.54) is 6.92 Å². The van der Waals surface area contributed by atoms with Gasteiger partial charge < -0.3 is 133 Å². The largest absolute Gasteiger partial charge is 0.394 e. The van der Waals surface area contributed by atoms with Gasteiger partial charge in [0.05, 0.1) is 51.3 Å². The van der Waals surface area contributed by atoms with Crippen molar-refractivity contribution < 1.29 is 133 Å². The minimum atomic E-state index is -1.92. The van der Waals surface area contributed by atoms with Crippen molar-refractivity contribution in [3.63, 3.8) is 0 Å². The zero-order valence-electron chi connectivity index (χ0n) is 49.7. The van der Waals surface area contributed by atoms with Gasteiger partial charge >= 0.3 is 0 Å².